The summed E-state index contributed by atoms with van der Waals surface area (Å²) >= 11 is 0. The number of carbonyl (C=O) groups is 1. The second-order valence-electron chi connectivity index (χ2n) is 6.51. The predicted octanol–water partition coefficient (Wildman–Crippen LogP) is 3.39. The van der Waals surface area contributed by atoms with E-state index < -0.39 is 17.7 Å². The summed E-state index contributed by atoms with van der Waals surface area (Å²) in [5, 5.41) is 0. The van der Waals surface area contributed by atoms with Crippen molar-refractivity contribution < 1.29 is 27.4 Å². The fraction of sp³-hybridized carbons (Fsp3) is 0.421. The molecule has 0 N–H and O–H groups in total. The highest BCUT2D eigenvalue weighted by Gasteiger charge is 2.33. The molecule has 6 nitrogen and oxygen atoms in total. The quantitative estimate of drug-likeness (QED) is 0.724. The van der Waals surface area contributed by atoms with Gasteiger partial charge in [-0.2, -0.15) is 13.2 Å². The Labute approximate surface area is 160 Å². The van der Waals surface area contributed by atoms with Crippen molar-refractivity contribution in [3.63, 3.8) is 0 Å². The Morgan fingerprint density at radius 1 is 1.29 bits per heavy atom. The highest BCUT2D eigenvalue weighted by Crippen LogP contribution is 2.32. The molecule has 1 aromatic carbocycles. The zero-order chi connectivity index (χ0) is 20.3. The Kier molecular flexibility index (Phi) is 5.83. The van der Waals surface area contributed by atoms with Crippen molar-refractivity contribution in [3.8, 4) is 0 Å². The first-order valence-electron chi connectivity index (χ1n) is 8.73. The number of rotatable bonds is 5. The summed E-state index contributed by atoms with van der Waals surface area (Å²) in [7, 11) is 1.28. The topological polar surface area (TPSA) is 64.5 Å². The van der Waals surface area contributed by atoms with E-state index in [-0.39, 0.29) is 24.0 Å². The summed E-state index contributed by atoms with van der Waals surface area (Å²) in [5.74, 6) is -0.176. The van der Waals surface area contributed by atoms with Gasteiger partial charge in [-0.3, -0.25) is 0 Å². The van der Waals surface area contributed by atoms with Crippen LogP contribution in [0.5, 0.6) is 0 Å². The Morgan fingerprint density at radius 2 is 2.04 bits per heavy atom. The van der Waals surface area contributed by atoms with Gasteiger partial charge in [0.15, 0.2) is 5.69 Å². The Balaban J connectivity index is 1.66. The van der Waals surface area contributed by atoms with E-state index in [9.17, 15) is 18.0 Å². The monoisotopic (exact) mass is 395 g/mol. The molecule has 1 atom stereocenters. The molecular formula is C19H20F3N3O3. The molecule has 1 saturated heterocycles. The number of hydrogen-bond acceptors (Lipinski definition) is 6. The number of alkyl halides is 3. The van der Waals surface area contributed by atoms with Gasteiger partial charge in [-0.05, 0) is 31.0 Å². The number of aryl methyl sites for hydroxylation is 1. The summed E-state index contributed by atoms with van der Waals surface area (Å²) in [5.41, 5.74) is 0.199. The largest absolute Gasteiger partial charge is 0.464 e. The third-order valence-corrected chi connectivity index (χ3v) is 4.46. The molecule has 9 heteroatoms. The van der Waals surface area contributed by atoms with E-state index in [1.54, 1.807) is 13.0 Å². The van der Waals surface area contributed by atoms with Crippen molar-refractivity contribution in [2.24, 2.45) is 0 Å². The second-order valence-corrected chi connectivity index (χ2v) is 6.51. The lowest BCUT2D eigenvalue weighted by molar-refractivity contribution is -0.139. The average molecular weight is 395 g/mol. The lowest BCUT2D eigenvalue weighted by atomic mass is 10.1. The van der Waals surface area contributed by atoms with Crippen LogP contribution in [0, 0.1) is 6.92 Å². The lowest BCUT2D eigenvalue weighted by Crippen LogP contribution is -2.26. The molecule has 0 radical (unpaired) electrons. The normalized spacial score (nSPS) is 17.0. The van der Waals surface area contributed by atoms with Crippen LogP contribution in [0.15, 0.2) is 30.3 Å². The predicted molar refractivity (Wildman–Crippen MR) is 95.0 cm³/mol. The minimum Gasteiger partial charge on any atom is -0.464 e. The van der Waals surface area contributed by atoms with Gasteiger partial charge >= 0.3 is 12.1 Å². The van der Waals surface area contributed by atoms with Crippen molar-refractivity contribution >= 4 is 11.9 Å². The van der Waals surface area contributed by atoms with Gasteiger partial charge in [-0.25, -0.2) is 14.8 Å². The molecular weight excluding hydrogens is 375 g/mol. The van der Waals surface area contributed by atoms with Crippen molar-refractivity contribution in [2.75, 3.05) is 25.1 Å². The fourth-order valence-corrected chi connectivity index (χ4v) is 3.08. The Morgan fingerprint density at radius 3 is 2.75 bits per heavy atom. The number of ether oxygens (including phenoxy) is 2. The van der Waals surface area contributed by atoms with Gasteiger partial charge in [0.05, 0.1) is 25.4 Å². The molecule has 1 aromatic heterocycles. The number of halogens is 3. The van der Waals surface area contributed by atoms with Gasteiger partial charge in [0.2, 0.25) is 5.95 Å². The minimum atomic E-state index is -4.42. The molecule has 0 saturated carbocycles. The summed E-state index contributed by atoms with van der Waals surface area (Å²) in [6.07, 6.45) is -4.05. The van der Waals surface area contributed by atoms with E-state index in [0.29, 0.717) is 31.2 Å². The first kappa shape index (κ1) is 20.1. The van der Waals surface area contributed by atoms with Crippen molar-refractivity contribution in [3.05, 3.63) is 52.8 Å². The molecule has 1 fully saturated rings. The molecule has 1 aliphatic heterocycles. The number of nitrogens with zero attached hydrogens (tertiary/aromatic N) is 3. The number of anilines is 1. The molecule has 3 rings (SSSR count). The number of esters is 1. The molecule has 2 aromatic rings. The molecule has 1 aliphatic rings. The molecule has 0 aliphatic carbocycles. The van der Waals surface area contributed by atoms with Gasteiger partial charge in [0, 0.05) is 18.8 Å². The zero-order valence-electron chi connectivity index (χ0n) is 15.5. The lowest BCUT2D eigenvalue weighted by Gasteiger charge is -2.18. The molecule has 0 spiro atoms. The van der Waals surface area contributed by atoms with E-state index >= 15 is 0 Å². The Bertz CT molecular complexity index is 858. The van der Waals surface area contributed by atoms with E-state index in [1.807, 2.05) is 4.90 Å². The van der Waals surface area contributed by atoms with Crippen LogP contribution in [0.4, 0.5) is 19.1 Å². The van der Waals surface area contributed by atoms with Gasteiger partial charge in [-0.15, -0.1) is 0 Å². The number of hydrogen-bond donors (Lipinski definition) is 0. The van der Waals surface area contributed by atoms with E-state index in [4.69, 9.17) is 9.47 Å². The van der Waals surface area contributed by atoms with Crippen molar-refractivity contribution in [1.82, 2.24) is 9.97 Å². The van der Waals surface area contributed by atoms with Crippen molar-refractivity contribution in [2.45, 2.75) is 32.2 Å². The highest BCUT2D eigenvalue weighted by atomic mass is 19.4. The van der Waals surface area contributed by atoms with E-state index in [1.165, 1.54) is 25.3 Å². The van der Waals surface area contributed by atoms with Crippen LogP contribution in [0.25, 0.3) is 0 Å². The molecule has 2 heterocycles. The average Bonchev–Trinajstić information content (AvgIpc) is 3.14. The molecule has 28 heavy (non-hydrogen) atoms. The molecule has 0 unspecified atom stereocenters. The van der Waals surface area contributed by atoms with Gasteiger partial charge < -0.3 is 14.4 Å². The third kappa shape index (κ3) is 4.59. The first-order valence-corrected chi connectivity index (χ1v) is 8.73. The van der Waals surface area contributed by atoms with Crippen LogP contribution < -0.4 is 4.90 Å². The van der Waals surface area contributed by atoms with Crippen LogP contribution in [-0.2, 0) is 22.3 Å². The van der Waals surface area contributed by atoms with Gasteiger partial charge in [0.25, 0.3) is 0 Å². The SMILES string of the molecule is COC(=O)c1cc(C)nc(N2CC[C@H](OCc3ccccc3C(F)(F)F)C2)n1. The summed E-state index contributed by atoms with van der Waals surface area (Å²) < 4.78 is 49.7. The summed E-state index contributed by atoms with van der Waals surface area (Å²) in [6, 6.07) is 6.92. The van der Waals surface area contributed by atoms with Crippen LogP contribution in [0.3, 0.4) is 0 Å². The van der Waals surface area contributed by atoms with Crippen molar-refractivity contribution in [1.29, 1.82) is 0 Å². The molecule has 0 bridgehead atoms. The maximum absolute atomic E-state index is 13.1. The number of carbonyl (C=O) groups excluding carboxylic acids is 1. The minimum absolute atomic E-state index is 0.105. The molecule has 0 amide bonds. The fourth-order valence-electron chi connectivity index (χ4n) is 3.08. The second kappa shape index (κ2) is 8.14. The van der Waals surface area contributed by atoms with Crippen LogP contribution in [0.2, 0.25) is 0 Å². The van der Waals surface area contributed by atoms with E-state index in [2.05, 4.69) is 9.97 Å². The van der Waals surface area contributed by atoms with Crippen LogP contribution in [0.1, 0.15) is 33.7 Å². The standard InChI is InChI=1S/C19H20F3N3O3/c1-12-9-16(17(26)27-2)24-18(23-12)25-8-7-14(10-25)28-11-13-5-3-4-6-15(13)19(20,21)22/h3-6,9,14H,7-8,10-11H2,1-2H3/t14-/m0/s1. The van der Waals surface area contributed by atoms with E-state index in [0.717, 1.165) is 6.07 Å². The van der Waals surface area contributed by atoms with Crippen LogP contribution in [-0.4, -0.2) is 42.2 Å². The third-order valence-electron chi connectivity index (χ3n) is 4.46. The van der Waals surface area contributed by atoms with Crippen LogP contribution >= 0.6 is 0 Å². The molecule has 150 valence electrons. The first-order chi connectivity index (χ1) is 13.3. The number of benzene rings is 1. The maximum atomic E-state index is 13.1. The summed E-state index contributed by atoms with van der Waals surface area (Å²) in [6.45, 7) is 2.62. The van der Waals surface area contributed by atoms with Gasteiger partial charge in [0.1, 0.15) is 0 Å². The smallest absolute Gasteiger partial charge is 0.416 e. The van der Waals surface area contributed by atoms with Gasteiger partial charge in [-0.1, -0.05) is 18.2 Å². The maximum Gasteiger partial charge on any atom is 0.416 e. The number of methoxy groups -OCH3 is 1. The highest BCUT2D eigenvalue weighted by molar-refractivity contribution is 5.87. The summed E-state index contributed by atoms with van der Waals surface area (Å²) in [4.78, 5) is 22.1. The zero-order valence-corrected chi connectivity index (χ0v) is 15.5. The number of aromatic nitrogens is 2. The Hall–Kier alpha value is -2.68.